The highest BCUT2D eigenvalue weighted by molar-refractivity contribution is 6.50. The van der Waals surface area contributed by atoms with Gasteiger partial charge in [-0.25, -0.2) is 9.48 Å². The normalized spacial score (nSPS) is 20.2. The van der Waals surface area contributed by atoms with E-state index in [-0.39, 0.29) is 0 Å². The van der Waals surface area contributed by atoms with Crippen molar-refractivity contribution in [2.24, 2.45) is 0 Å². The Morgan fingerprint density at radius 1 is 0.941 bits per heavy atom. The molecule has 1 N–H and O–H groups in total. The van der Waals surface area contributed by atoms with Gasteiger partial charge in [-0.15, -0.1) is 0 Å². The average Bonchev–Trinajstić information content (AvgIpc) is 2.88. The summed E-state index contributed by atoms with van der Waals surface area (Å²) in [4.78, 5) is 2.10. The molecule has 100 valence electrons. The first kappa shape index (κ1) is 14.1. The predicted molar refractivity (Wildman–Crippen MR) is 57.9 cm³/mol. The Morgan fingerprint density at radius 2 is 1.35 bits per heavy atom. The molecule has 0 atom stereocenters. The maximum atomic E-state index is 9.82. The van der Waals surface area contributed by atoms with Crippen molar-refractivity contribution in [3.63, 3.8) is 0 Å². The number of aliphatic hydroxyl groups is 1. The minimum atomic E-state index is -6.00. The van der Waals surface area contributed by atoms with Crippen molar-refractivity contribution in [1.29, 1.82) is 0 Å². The first-order valence-electron chi connectivity index (χ1n) is 5.81. The maximum Gasteiger partial charge on any atom is 0.673 e. The number of hydrogen-bond acceptors (Lipinski definition) is 0. The summed E-state index contributed by atoms with van der Waals surface area (Å²) in [7, 11) is -6.00. The Morgan fingerprint density at radius 3 is 1.76 bits per heavy atom. The van der Waals surface area contributed by atoms with E-state index in [9.17, 15) is 22.4 Å². The average molecular weight is 256 g/mol. The Bertz CT molecular complexity index is 263. The van der Waals surface area contributed by atoms with Crippen molar-refractivity contribution in [3.05, 3.63) is 0 Å². The van der Waals surface area contributed by atoms with Crippen LogP contribution in [-0.2, 0) is 0 Å². The number of hydrogen-bond donors (Lipinski definition) is 1. The van der Waals surface area contributed by atoms with E-state index in [4.69, 9.17) is 0 Å². The molecule has 0 bridgehead atoms. The zero-order chi connectivity index (χ0) is 12.9. The minimum absolute atomic E-state index is 0.532. The first-order valence-corrected chi connectivity index (χ1v) is 5.81. The fraction of sp³-hybridized carbons (Fsp3) is 0.889. The van der Waals surface area contributed by atoms with Crippen LogP contribution in [0.25, 0.3) is 0 Å². The van der Waals surface area contributed by atoms with Gasteiger partial charge in [0.2, 0.25) is 0 Å². The molecular formula is C9H17BF4N2O. The van der Waals surface area contributed by atoms with Gasteiger partial charge in [0.15, 0.2) is 0 Å². The van der Waals surface area contributed by atoms with E-state index < -0.39 is 7.25 Å². The molecule has 0 amide bonds. The topological polar surface area (TPSA) is 26.5 Å². The van der Waals surface area contributed by atoms with Crippen LogP contribution in [0.3, 0.4) is 0 Å². The summed E-state index contributed by atoms with van der Waals surface area (Å²) >= 11 is 0. The number of likely N-dealkylation sites (tertiary alicyclic amines) is 1. The van der Waals surface area contributed by atoms with Gasteiger partial charge in [0, 0.05) is 0 Å². The van der Waals surface area contributed by atoms with E-state index in [0.717, 1.165) is 26.2 Å². The number of halogens is 4. The summed E-state index contributed by atoms with van der Waals surface area (Å²) < 4.78 is 41.1. The Balaban J connectivity index is 0.000000249. The molecule has 0 aromatic rings. The van der Waals surface area contributed by atoms with Crippen LogP contribution in [0.1, 0.15) is 25.7 Å². The molecule has 2 saturated heterocycles. The van der Waals surface area contributed by atoms with Gasteiger partial charge in [0.05, 0.1) is 26.2 Å². The summed E-state index contributed by atoms with van der Waals surface area (Å²) in [6, 6.07) is 0.532. The molecular weight excluding hydrogens is 239 g/mol. The largest absolute Gasteiger partial charge is 0.673 e. The van der Waals surface area contributed by atoms with E-state index in [1.807, 2.05) is 0 Å². The summed E-state index contributed by atoms with van der Waals surface area (Å²) in [5, 5.41) is 9.82. The molecule has 2 aliphatic rings. The molecule has 17 heavy (non-hydrogen) atoms. The summed E-state index contributed by atoms with van der Waals surface area (Å²) in [6.07, 6.45) is 4.94. The standard InChI is InChI=1S/C9H16N2O.BF4/c12-9(10-5-1-2-6-10)11-7-3-4-8-11;2-1(3,4)5/h1-8H2;/q;-1/p+1. The SMILES string of the molecule is F[B-](F)(F)F.OC(N1CCCC1)=[N+]1CCCC1. The Hall–Kier alpha value is -0.945. The first-order chi connectivity index (χ1) is 7.88. The second-order valence-electron chi connectivity index (χ2n) is 4.18. The molecule has 0 aromatic heterocycles. The lowest BCUT2D eigenvalue weighted by Gasteiger charge is -2.09. The van der Waals surface area contributed by atoms with Crippen LogP contribution in [0.5, 0.6) is 0 Å². The lowest BCUT2D eigenvalue weighted by molar-refractivity contribution is -0.519. The van der Waals surface area contributed by atoms with Gasteiger partial charge >= 0.3 is 13.3 Å². The van der Waals surface area contributed by atoms with Crippen LogP contribution in [0, 0.1) is 0 Å². The second kappa shape index (κ2) is 6.11. The third-order valence-electron chi connectivity index (χ3n) is 2.78. The summed E-state index contributed by atoms with van der Waals surface area (Å²) in [5.41, 5.74) is 0. The monoisotopic (exact) mass is 256 g/mol. The van der Waals surface area contributed by atoms with Crippen LogP contribution in [0.15, 0.2) is 0 Å². The highest BCUT2D eigenvalue weighted by atomic mass is 19.5. The molecule has 0 aromatic carbocycles. The highest BCUT2D eigenvalue weighted by Crippen LogP contribution is 2.09. The maximum absolute atomic E-state index is 9.82. The van der Waals surface area contributed by atoms with Crippen molar-refractivity contribution in [3.8, 4) is 0 Å². The number of aliphatic hydroxyl groups excluding tert-OH is 1. The van der Waals surface area contributed by atoms with Gasteiger partial charge in [-0.05, 0) is 25.7 Å². The molecule has 0 spiro atoms. The van der Waals surface area contributed by atoms with Crippen LogP contribution in [-0.4, -0.2) is 54.0 Å². The van der Waals surface area contributed by atoms with Crippen molar-refractivity contribution in [2.45, 2.75) is 25.7 Å². The lowest BCUT2D eigenvalue weighted by Crippen LogP contribution is -2.35. The smallest absolute Gasteiger partial charge is 0.447 e. The van der Waals surface area contributed by atoms with Crippen molar-refractivity contribution in [1.82, 2.24) is 4.90 Å². The predicted octanol–water partition coefficient (Wildman–Crippen LogP) is 2.10. The van der Waals surface area contributed by atoms with Gasteiger partial charge in [-0.1, -0.05) is 0 Å². The van der Waals surface area contributed by atoms with Crippen LogP contribution >= 0.6 is 0 Å². The van der Waals surface area contributed by atoms with Crippen molar-refractivity contribution < 1.29 is 26.9 Å². The highest BCUT2D eigenvalue weighted by Gasteiger charge is 2.27. The number of amidine groups is 1. The van der Waals surface area contributed by atoms with Gasteiger partial charge in [0.25, 0.3) is 0 Å². The van der Waals surface area contributed by atoms with Gasteiger partial charge in [-0.2, -0.15) is 0 Å². The number of rotatable bonds is 0. The van der Waals surface area contributed by atoms with Gasteiger partial charge in [-0.3, -0.25) is 0 Å². The number of nitrogens with zero attached hydrogens (tertiary/aromatic N) is 2. The molecule has 2 rings (SSSR count). The minimum Gasteiger partial charge on any atom is -0.447 e. The molecule has 2 aliphatic heterocycles. The Kier molecular flexibility index (Phi) is 5.08. The molecule has 8 heteroatoms. The van der Waals surface area contributed by atoms with E-state index in [2.05, 4.69) is 9.48 Å². The van der Waals surface area contributed by atoms with E-state index in [1.54, 1.807) is 0 Å². The molecule has 0 radical (unpaired) electrons. The van der Waals surface area contributed by atoms with Crippen molar-refractivity contribution in [2.75, 3.05) is 26.2 Å². The molecule has 2 heterocycles. The van der Waals surface area contributed by atoms with E-state index in [1.165, 1.54) is 25.7 Å². The van der Waals surface area contributed by atoms with Crippen LogP contribution in [0.2, 0.25) is 0 Å². The lowest BCUT2D eigenvalue weighted by atomic mass is 10.3. The molecule has 0 unspecified atom stereocenters. The van der Waals surface area contributed by atoms with E-state index >= 15 is 0 Å². The van der Waals surface area contributed by atoms with Crippen LogP contribution < -0.4 is 0 Å². The van der Waals surface area contributed by atoms with Gasteiger partial charge < -0.3 is 22.4 Å². The summed E-state index contributed by atoms with van der Waals surface area (Å²) in [5.74, 6) is 0. The van der Waals surface area contributed by atoms with E-state index in [0.29, 0.717) is 6.02 Å². The molecule has 3 nitrogen and oxygen atoms in total. The second-order valence-corrected chi connectivity index (χ2v) is 4.18. The quantitative estimate of drug-likeness (QED) is 0.311. The molecule has 0 saturated carbocycles. The zero-order valence-electron chi connectivity index (χ0n) is 9.59. The third kappa shape index (κ3) is 5.79. The molecule has 0 aliphatic carbocycles. The summed E-state index contributed by atoms with van der Waals surface area (Å²) in [6.45, 7) is 4.18. The van der Waals surface area contributed by atoms with Crippen LogP contribution in [0.4, 0.5) is 17.3 Å². The van der Waals surface area contributed by atoms with Crippen molar-refractivity contribution >= 4 is 13.3 Å². The zero-order valence-corrected chi connectivity index (χ0v) is 9.59. The fourth-order valence-corrected chi connectivity index (χ4v) is 2.03. The fourth-order valence-electron chi connectivity index (χ4n) is 2.03. The third-order valence-corrected chi connectivity index (χ3v) is 2.78. The van der Waals surface area contributed by atoms with Gasteiger partial charge in [0.1, 0.15) is 0 Å². The Labute approximate surface area is 97.8 Å². The molecule has 2 fully saturated rings.